The summed E-state index contributed by atoms with van der Waals surface area (Å²) < 4.78 is 57.1. The van der Waals surface area contributed by atoms with E-state index in [-0.39, 0.29) is 12.2 Å². The first kappa shape index (κ1) is 23.4. The molecule has 1 aromatic rings. The molecular weight excluding hydrogens is 408 g/mol. The molecule has 0 atom stereocenters. The maximum Gasteiger partial charge on any atom is 0.305 e. The molecule has 1 saturated carbocycles. The molecule has 2 fully saturated rings. The molecule has 0 amide bonds. The second-order valence-corrected chi connectivity index (χ2v) is 12.7. The van der Waals surface area contributed by atoms with Crippen molar-refractivity contribution < 1.29 is 22.3 Å². The first-order chi connectivity index (χ1) is 14.5. The summed E-state index contributed by atoms with van der Waals surface area (Å²) in [6.07, 6.45) is 8.97. The minimum atomic E-state index is -2.13. The molecule has 1 aliphatic heterocycles. The summed E-state index contributed by atoms with van der Waals surface area (Å²) in [7, 11) is -0.487. The van der Waals surface area contributed by atoms with Crippen LogP contribution in [0.4, 0.5) is 17.6 Å². The summed E-state index contributed by atoms with van der Waals surface area (Å²) in [6.45, 7) is 2.27. The monoisotopic (exact) mass is 442 g/mol. The first-order valence-electron chi connectivity index (χ1n) is 11.6. The molecular formula is C24H34F4OSi. The topological polar surface area (TPSA) is 9.23 Å². The van der Waals surface area contributed by atoms with Crippen molar-refractivity contribution >= 4 is 8.80 Å². The van der Waals surface area contributed by atoms with Crippen molar-refractivity contribution in [2.45, 2.75) is 88.8 Å². The summed E-state index contributed by atoms with van der Waals surface area (Å²) in [6, 6.07) is 7.03. The number of ether oxygens (including phenoxy) is 1. The van der Waals surface area contributed by atoms with Crippen LogP contribution in [0.3, 0.4) is 0 Å². The second kappa shape index (κ2) is 11.4. The lowest BCUT2D eigenvalue weighted by Crippen LogP contribution is -2.28. The predicted octanol–water partition coefficient (Wildman–Crippen LogP) is 8.18. The Balaban J connectivity index is 1.49. The molecule has 1 nitrogen and oxygen atoms in total. The number of rotatable bonds is 8. The minimum Gasteiger partial charge on any atom is -0.453 e. The van der Waals surface area contributed by atoms with Gasteiger partial charge < -0.3 is 4.74 Å². The highest BCUT2D eigenvalue weighted by Crippen LogP contribution is 2.44. The highest BCUT2D eigenvalue weighted by Gasteiger charge is 2.32. The van der Waals surface area contributed by atoms with E-state index in [4.69, 9.17) is 0 Å². The zero-order valence-corrected chi connectivity index (χ0v) is 19.1. The predicted molar refractivity (Wildman–Crippen MR) is 116 cm³/mol. The van der Waals surface area contributed by atoms with Crippen molar-refractivity contribution in [3.8, 4) is 5.75 Å². The third-order valence-corrected chi connectivity index (χ3v) is 10.8. The minimum absolute atomic E-state index is 0.0633. The lowest BCUT2D eigenvalue weighted by atomic mass is 9.72. The smallest absolute Gasteiger partial charge is 0.305 e. The van der Waals surface area contributed by atoms with Gasteiger partial charge in [-0.2, -0.15) is 8.78 Å². The van der Waals surface area contributed by atoms with Crippen LogP contribution in [0.25, 0.3) is 0 Å². The van der Waals surface area contributed by atoms with Crippen molar-refractivity contribution in [3.63, 3.8) is 0 Å². The normalized spacial score (nSPS) is 27.0. The van der Waals surface area contributed by atoms with Gasteiger partial charge in [0.1, 0.15) is 0 Å². The van der Waals surface area contributed by atoms with E-state index in [2.05, 4.69) is 11.7 Å². The fourth-order valence-corrected chi connectivity index (χ4v) is 9.12. The van der Waals surface area contributed by atoms with E-state index in [0.717, 1.165) is 37.5 Å². The third kappa shape index (κ3) is 6.35. The summed E-state index contributed by atoms with van der Waals surface area (Å²) >= 11 is 0. The molecule has 0 unspecified atom stereocenters. The Morgan fingerprint density at radius 3 is 2.13 bits per heavy atom. The fraction of sp³-hybridized carbons (Fsp3) is 0.667. The van der Waals surface area contributed by atoms with Gasteiger partial charge in [0.25, 0.3) is 0 Å². The Hall–Kier alpha value is -1.30. The molecule has 30 heavy (non-hydrogen) atoms. The van der Waals surface area contributed by atoms with Crippen molar-refractivity contribution in [1.82, 2.24) is 0 Å². The van der Waals surface area contributed by atoms with Gasteiger partial charge in [-0.3, -0.25) is 0 Å². The SMILES string of the molecule is CCCCC[Si@H]1CC[C@H](C2CCC(c3cc(F)c(OC=C(F)F)c(F)c3)CC2)CC1. The maximum absolute atomic E-state index is 14.2. The Morgan fingerprint density at radius 2 is 1.57 bits per heavy atom. The van der Waals surface area contributed by atoms with Crippen molar-refractivity contribution in [2.75, 3.05) is 0 Å². The van der Waals surface area contributed by atoms with Crippen molar-refractivity contribution in [3.05, 3.63) is 41.7 Å². The quantitative estimate of drug-likeness (QED) is 0.171. The van der Waals surface area contributed by atoms with Gasteiger partial charge in [-0.15, -0.1) is 0 Å². The Bertz CT molecular complexity index is 680. The van der Waals surface area contributed by atoms with Crippen LogP contribution in [0, 0.1) is 23.5 Å². The molecule has 0 aromatic heterocycles. The van der Waals surface area contributed by atoms with E-state index >= 15 is 0 Å². The van der Waals surface area contributed by atoms with E-state index in [0.29, 0.717) is 5.56 Å². The zero-order chi connectivity index (χ0) is 21.5. The summed E-state index contributed by atoms with van der Waals surface area (Å²) in [5.74, 6) is -0.881. The largest absolute Gasteiger partial charge is 0.453 e. The molecule has 2 aliphatic rings. The van der Waals surface area contributed by atoms with Gasteiger partial charge in [0.2, 0.25) is 0 Å². The van der Waals surface area contributed by atoms with Crippen LogP contribution in [0.5, 0.6) is 5.75 Å². The Morgan fingerprint density at radius 1 is 0.967 bits per heavy atom. The molecule has 0 N–H and O–H groups in total. The van der Waals surface area contributed by atoms with E-state index < -0.39 is 32.3 Å². The highest BCUT2D eigenvalue weighted by molar-refractivity contribution is 6.58. The fourth-order valence-electron chi connectivity index (χ4n) is 5.59. The van der Waals surface area contributed by atoms with Gasteiger partial charge in [0.05, 0.1) is 0 Å². The number of unbranched alkanes of at least 4 members (excludes halogenated alkanes) is 2. The molecule has 1 heterocycles. The number of benzene rings is 1. The van der Waals surface area contributed by atoms with Crippen LogP contribution in [-0.2, 0) is 0 Å². The number of hydrogen-bond donors (Lipinski definition) is 0. The molecule has 6 heteroatoms. The molecule has 1 saturated heterocycles. The van der Waals surface area contributed by atoms with Gasteiger partial charge in [-0.25, -0.2) is 8.78 Å². The lowest BCUT2D eigenvalue weighted by Gasteiger charge is -2.37. The molecule has 1 aliphatic carbocycles. The van der Waals surface area contributed by atoms with Crippen molar-refractivity contribution in [1.29, 1.82) is 0 Å². The standard InChI is InChI=1S/C24H34F4OSi/c1-2-3-4-11-30-12-9-19(10-13-30)17-5-7-18(8-6-17)20-14-21(25)24(22(26)15-20)29-16-23(27)28/h14-19,30H,2-13H2,1H3/t17?,18?,19-,30-. The molecule has 0 radical (unpaired) electrons. The molecule has 3 rings (SSSR count). The zero-order valence-electron chi connectivity index (χ0n) is 17.9. The van der Waals surface area contributed by atoms with Crippen LogP contribution in [0.15, 0.2) is 24.5 Å². The second-order valence-electron chi connectivity index (χ2n) is 9.23. The molecule has 0 bridgehead atoms. The average molecular weight is 443 g/mol. The third-order valence-electron chi connectivity index (χ3n) is 7.30. The maximum atomic E-state index is 14.2. The molecule has 168 valence electrons. The van der Waals surface area contributed by atoms with Crippen LogP contribution >= 0.6 is 0 Å². The van der Waals surface area contributed by atoms with Crippen LogP contribution in [0.2, 0.25) is 18.1 Å². The van der Waals surface area contributed by atoms with Crippen LogP contribution in [0.1, 0.15) is 76.2 Å². The van der Waals surface area contributed by atoms with E-state index in [9.17, 15) is 17.6 Å². The van der Waals surface area contributed by atoms with Crippen LogP contribution < -0.4 is 4.74 Å². The van der Waals surface area contributed by atoms with Crippen LogP contribution in [-0.4, -0.2) is 8.80 Å². The summed E-state index contributed by atoms with van der Waals surface area (Å²) in [5.41, 5.74) is 0.618. The molecule has 1 aromatic carbocycles. The van der Waals surface area contributed by atoms with Gasteiger partial charge in [-0.1, -0.05) is 57.2 Å². The first-order valence-corrected chi connectivity index (χ1v) is 14.1. The van der Waals surface area contributed by atoms with E-state index in [1.165, 1.54) is 62.4 Å². The Kier molecular flexibility index (Phi) is 8.84. The summed E-state index contributed by atoms with van der Waals surface area (Å²) in [5, 5.41) is 0. The van der Waals surface area contributed by atoms with E-state index in [1.807, 2.05) is 0 Å². The van der Waals surface area contributed by atoms with Gasteiger partial charge in [0.15, 0.2) is 23.6 Å². The van der Waals surface area contributed by atoms with E-state index in [1.54, 1.807) is 0 Å². The van der Waals surface area contributed by atoms with Gasteiger partial charge in [0, 0.05) is 8.80 Å². The highest BCUT2D eigenvalue weighted by atomic mass is 28.3. The van der Waals surface area contributed by atoms with Gasteiger partial charge >= 0.3 is 6.08 Å². The number of halogens is 4. The number of hydrogen-bond acceptors (Lipinski definition) is 1. The molecule has 0 spiro atoms. The summed E-state index contributed by atoms with van der Waals surface area (Å²) in [4.78, 5) is 0. The Labute approximate surface area is 179 Å². The van der Waals surface area contributed by atoms with Crippen molar-refractivity contribution in [2.24, 2.45) is 11.8 Å². The average Bonchev–Trinajstić information content (AvgIpc) is 2.74. The van der Waals surface area contributed by atoms with Gasteiger partial charge in [-0.05, 0) is 61.1 Å². The lowest BCUT2D eigenvalue weighted by molar-refractivity contribution is 0.216.